The Labute approximate surface area is 139 Å². The minimum atomic E-state index is -2.26. The van der Waals surface area contributed by atoms with E-state index in [1.54, 1.807) is 0 Å². The van der Waals surface area contributed by atoms with Crippen molar-refractivity contribution in [1.82, 2.24) is 0 Å². The van der Waals surface area contributed by atoms with E-state index >= 15 is 0 Å². The quantitative estimate of drug-likeness (QED) is 0.581. The third-order valence-electron chi connectivity index (χ3n) is 2.46. The maximum Gasteiger partial charge on any atom is 0.314 e. The van der Waals surface area contributed by atoms with Crippen LogP contribution in [0.2, 0.25) is 65.5 Å². The SMILES string of the molecule is C[Si]1(C)O[Si](C)(C)O[Si](C)(C)O[Si](C)(C)O[Si](C)(C)O1.[SiH4]. The molecule has 21 heavy (non-hydrogen) atoms. The lowest BCUT2D eigenvalue weighted by Gasteiger charge is -2.46. The molecule has 0 amide bonds. The highest BCUT2D eigenvalue weighted by molar-refractivity contribution is 6.92. The predicted octanol–water partition coefficient (Wildman–Crippen LogP) is 2.14. The minimum Gasteiger partial charge on any atom is -0.416 e. The van der Waals surface area contributed by atoms with E-state index in [0.717, 1.165) is 0 Å². The largest absolute Gasteiger partial charge is 0.416 e. The van der Waals surface area contributed by atoms with Gasteiger partial charge in [0.1, 0.15) is 0 Å². The van der Waals surface area contributed by atoms with Crippen LogP contribution in [0.3, 0.4) is 0 Å². The lowest BCUT2D eigenvalue weighted by molar-refractivity contribution is 0.239. The van der Waals surface area contributed by atoms with Gasteiger partial charge in [-0.25, -0.2) is 0 Å². The summed E-state index contributed by atoms with van der Waals surface area (Å²) in [5.74, 6) is 0. The summed E-state index contributed by atoms with van der Waals surface area (Å²) in [5, 5.41) is 0. The van der Waals surface area contributed by atoms with Gasteiger partial charge >= 0.3 is 42.8 Å². The summed E-state index contributed by atoms with van der Waals surface area (Å²) in [5.41, 5.74) is 0. The molecule has 11 heteroatoms. The molecule has 0 radical (unpaired) electrons. The van der Waals surface area contributed by atoms with Crippen molar-refractivity contribution in [1.29, 1.82) is 0 Å². The Hall–Kier alpha value is 1.10. The molecule has 0 aromatic rings. The highest BCUT2D eigenvalue weighted by atomic mass is 28.5. The van der Waals surface area contributed by atoms with E-state index in [9.17, 15) is 0 Å². The fourth-order valence-corrected chi connectivity index (χ4v) is 29.4. The Bertz CT molecular complexity index is 270. The van der Waals surface area contributed by atoms with Gasteiger partial charge in [-0.05, 0) is 76.4 Å². The summed E-state index contributed by atoms with van der Waals surface area (Å²) in [4.78, 5) is 0. The van der Waals surface area contributed by atoms with E-state index in [1.807, 2.05) is 0 Å². The first-order chi connectivity index (χ1) is 8.54. The first kappa shape index (κ1) is 22.1. The highest BCUT2D eigenvalue weighted by Gasteiger charge is 2.50. The number of hydrogen-bond donors (Lipinski definition) is 0. The topological polar surface area (TPSA) is 46.2 Å². The molecule has 0 aliphatic carbocycles. The second-order valence-electron chi connectivity index (χ2n) is 7.51. The second kappa shape index (κ2) is 6.54. The monoisotopic (exact) mass is 402 g/mol. The Morgan fingerprint density at radius 2 is 0.429 bits per heavy atom. The van der Waals surface area contributed by atoms with Crippen molar-refractivity contribution in [2.24, 2.45) is 0 Å². The van der Waals surface area contributed by atoms with Gasteiger partial charge in [0.15, 0.2) is 0 Å². The van der Waals surface area contributed by atoms with Gasteiger partial charge in [0.05, 0.1) is 0 Å². The number of hydrogen-bond acceptors (Lipinski definition) is 5. The van der Waals surface area contributed by atoms with Crippen molar-refractivity contribution >= 4 is 53.8 Å². The van der Waals surface area contributed by atoms with Crippen LogP contribution in [0.5, 0.6) is 0 Å². The molecule has 1 saturated heterocycles. The summed E-state index contributed by atoms with van der Waals surface area (Å²) in [6.07, 6.45) is 0. The minimum absolute atomic E-state index is 0. The second-order valence-corrected chi connectivity index (χ2v) is 25.6. The van der Waals surface area contributed by atoms with Crippen LogP contribution in [-0.2, 0) is 20.6 Å². The average molecular weight is 403 g/mol. The molecule has 1 rings (SSSR count). The van der Waals surface area contributed by atoms with Crippen LogP contribution in [0.1, 0.15) is 0 Å². The third-order valence-corrected chi connectivity index (χ3v) is 22.1. The number of rotatable bonds is 0. The summed E-state index contributed by atoms with van der Waals surface area (Å²) in [7, 11) is -11.3. The molecular formula is C10H34O5Si6. The van der Waals surface area contributed by atoms with Crippen molar-refractivity contribution < 1.29 is 20.6 Å². The molecule has 0 N–H and O–H groups in total. The van der Waals surface area contributed by atoms with Crippen molar-refractivity contribution in [3.8, 4) is 0 Å². The first-order valence-electron chi connectivity index (χ1n) is 7.04. The van der Waals surface area contributed by atoms with Gasteiger partial charge in [-0.1, -0.05) is 0 Å². The van der Waals surface area contributed by atoms with E-state index in [4.69, 9.17) is 20.6 Å². The van der Waals surface area contributed by atoms with E-state index in [2.05, 4.69) is 65.5 Å². The van der Waals surface area contributed by atoms with Crippen molar-refractivity contribution in [3.63, 3.8) is 0 Å². The van der Waals surface area contributed by atoms with Crippen LogP contribution >= 0.6 is 0 Å². The molecule has 128 valence electrons. The van der Waals surface area contributed by atoms with Crippen LogP contribution in [0.4, 0.5) is 0 Å². The molecule has 0 unspecified atom stereocenters. The Balaban J connectivity index is 0.00000400. The zero-order chi connectivity index (χ0) is 16.0. The van der Waals surface area contributed by atoms with Gasteiger partial charge in [0, 0.05) is 0 Å². The van der Waals surface area contributed by atoms with E-state index in [0.29, 0.717) is 0 Å². The highest BCUT2D eigenvalue weighted by Crippen LogP contribution is 2.30. The van der Waals surface area contributed by atoms with Crippen LogP contribution < -0.4 is 0 Å². The molecular weight excluding hydrogens is 369 g/mol. The van der Waals surface area contributed by atoms with Gasteiger partial charge in [-0.15, -0.1) is 0 Å². The Kier molecular flexibility index (Phi) is 6.89. The molecule has 0 bridgehead atoms. The zero-order valence-corrected chi connectivity index (χ0v) is 19.5. The summed E-state index contributed by atoms with van der Waals surface area (Å²) >= 11 is 0. The normalized spacial score (nSPS) is 30.0. The van der Waals surface area contributed by atoms with Crippen LogP contribution in [0, 0.1) is 0 Å². The molecule has 1 fully saturated rings. The molecule has 0 aromatic heterocycles. The Morgan fingerprint density at radius 3 is 0.524 bits per heavy atom. The molecule has 1 aliphatic rings. The van der Waals surface area contributed by atoms with Gasteiger partial charge < -0.3 is 20.6 Å². The fourth-order valence-electron chi connectivity index (χ4n) is 3.06. The summed E-state index contributed by atoms with van der Waals surface area (Å²) < 4.78 is 31.5. The standard InChI is InChI=1S/C10H30O5Si5.H4Si/c1-16(2)11-17(3,4)13-19(7,8)15-20(9,10)14-18(5,6)12-16;/h1-10H3;1H4. The van der Waals surface area contributed by atoms with Crippen molar-refractivity contribution in [2.45, 2.75) is 65.5 Å². The fraction of sp³-hybridized carbons (Fsp3) is 1.00. The van der Waals surface area contributed by atoms with Crippen LogP contribution in [0.25, 0.3) is 0 Å². The van der Waals surface area contributed by atoms with Gasteiger partial charge in [0.25, 0.3) is 0 Å². The molecule has 0 atom stereocenters. The van der Waals surface area contributed by atoms with E-state index < -0.39 is 42.8 Å². The smallest absolute Gasteiger partial charge is 0.314 e. The molecule has 0 saturated carbocycles. The summed E-state index contributed by atoms with van der Waals surface area (Å²) in [6.45, 7) is 20.8. The van der Waals surface area contributed by atoms with Crippen LogP contribution in [0.15, 0.2) is 0 Å². The lowest BCUT2D eigenvalue weighted by atomic mass is 11.9. The van der Waals surface area contributed by atoms with Crippen molar-refractivity contribution in [3.05, 3.63) is 0 Å². The maximum atomic E-state index is 6.30. The van der Waals surface area contributed by atoms with E-state index in [1.165, 1.54) is 0 Å². The van der Waals surface area contributed by atoms with Gasteiger partial charge in [-0.3, -0.25) is 0 Å². The molecule has 5 nitrogen and oxygen atoms in total. The summed E-state index contributed by atoms with van der Waals surface area (Å²) in [6, 6.07) is 0. The molecule has 0 spiro atoms. The molecule has 0 aromatic carbocycles. The Morgan fingerprint density at radius 1 is 0.333 bits per heavy atom. The molecule has 1 heterocycles. The lowest BCUT2D eigenvalue weighted by Crippen LogP contribution is -2.64. The maximum absolute atomic E-state index is 6.30. The predicted molar refractivity (Wildman–Crippen MR) is 104 cm³/mol. The average Bonchev–Trinajstić information content (AvgIpc) is 1.84. The zero-order valence-electron chi connectivity index (χ0n) is 14.5. The first-order valence-corrected chi connectivity index (χ1v) is 21.1. The van der Waals surface area contributed by atoms with Gasteiger partial charge in [-0.2, -0.15) is 0 Å². The van der Waals surface area contributed by atoms with Gasteiger partial charge in [0.2, 0.25) is 0 Å². The van der Waals surface area contributed by atoms with Crippen molar-refractivity contribution in [2.75, 3.05) is 0 Å². The van der Waals surface area contributed by atoms with Crippen LogP contribution in [-0.4, -0.2) is 53.8 Å². The molecule has 1 aliphatic heterocycles. The van der Waals surface area contributed by atoms with E-state index in [-0.39, 0.29) is 11.0 Å². The third kappa shape index (κ3) is 7.96.